The highest BCUT2D eigenvalue weighted by Crippen LogP contribution is 2.32. The second-order valence-electron chi connectivity index (χ2n) is 4.99. The summed E-state index contributed by atoms with van der Waals surface area (Å²) < 4.78 is 0. The first-order chi connectivity index (χ1) is 8.06. The average Bonchev–Trinajstić information content (AvgIpc) is 2.27. The number of aryl methyl sites for hydroxylation is 1. The lowest BCUT2D eigenvalue weighted by Crippen LogP contribution is -2.37. The zero-order chi connectivity index (χ0) is 12.4. The number of rotatable bonds is 3. The summed E-state index contributed by atoms with van der Waals surface area (Å²) in [5, 5.41) is 0.322. The molecule has 3 heteroatoms. The molecule has 1 saturated carbocycles. The summed E-state index contributed by atoms with van der Waals surface area (Å²) >= 11 is 5.94. The number of hydrogen-bond donors (Lipinski definition) is 0. The quantitative estimate of drug-likeness (QED) is 0.756. The zero-order valence-electron chi connectivity index (χ0n) is 10.3. The van der Waals surface area contributed by atoms with Gasteiger partial charge in [0.2, 0.25) is 0 Å². The minimum Gasteiger partial charge on any atom is -0.341 e. The van der Waals surface area contributed by atoms with E-state index in [0.717, 1.165) is 24.9 Å². The van der Waals surface area contributed by atoms with Crippen LogP contribution < -0.4 is 0 Å². The van der Waals surface area contributed by atoms with E-state index in [-0.39, 0.29) is 5.91 Å². The lowest BCUT2D eigenvalue weighted by atomic mass is 9.84. The molecule has 1 aliphatic carbocycles. The van der Waals surface area contributed by atoms with Crippen molar-refractivity contribution < 1.29 is 4.79 Å². The Balaban J connectivity index is 1.92. The number of amides is 1. The van der Waals surface area contributed by atoms with Gasteiger partial charge in [-0.3, -0.25) is 4.79 Å². The first-order valence-electron chi connectivity index (χ1n) is 6.02. The Kier molecular flexibility index (Phi) is 3.72. The smallest absolute Gasteiger partial charge is 0.253 e. The first-order valence-corrected chi connectivity index (χ1v) is 6.46. The van der Waals surface area contributed by atoms with Crippen LogP contribution in [0.3, 0.4) is 0 Å². The molecule has 92 valence electrons. The van der Waals surface area contributed by atoms with E-state index in [4.69, 9.17) is 11.6 Å². The number of halogens is 1. The van der Waals surface area contributed by atoms with E-state index in [1.807, 2.05) is 38.2 Å². The van der Waals surface area contributed by atoms with Crippen molar-refractivity contribution >= 4 is 17.5 Å². The molecule has 0 radical (unpaired) electrons. The van der Waals surface area contributed by atoms with E-state index in [2.05, 4.69) is 0 Å². The van der Waals surface area contributed by atoms with Gasteiger partial charge in [-0.2, -0.15) is 0 Å². The number of benzene rings is 1. The Hall–Kier alpha value is -1.02. The van der Waals surface area contributed by atoms with Gasteiger partial charge < -0.3 is 4.90 Å². The maximum absolute atomic E-state index is 12.1. The van der Waals surface area contributed by atoms with Crippen molar-refractivity contribution in [2.24, 2.45) is 5.92 Å². The largest absolute Gasteiger partial charge is 0.341 e. The van der Waals surface area contributed by atoms with Crippen molar-refractivity contribution in [2.75, 3.05) is 13.6 Å². The molecule has 1 amide bonds. The molecule has 0 spiro atoms. The number of nitrogens with zero attached hydrogens (tertiary/aromatic N) is 1. The van der Waals surface area contributed by atoms with Crippen LogP contribution in [0.15, 0.2) is 24.3 Å². The van der Waals surface area contributed by atoms with Gasteiger partial charge in [0.1, 0.15) is 0 Å². The topological polar surface area (TPSA) is 20.3 Å². The van der Waals surface area contributed by atoms with Gasteiger partial charge in [-0.05, 0) is 37.8 Å². The summed E-state index contributed by atoms with van der Waals surface area (Å²) in [7, 11) is 1.86. The predicted molar refractivity (Wildman–Crippen MR) is 70.5 cm³/mol. The maximum atomic E-state index is 12.1. The van der Waals surface area contributed by atoms with Crippen molar-refractivity contribution in [3.05, 3.63) is 35.4 Å². The Labute approximate surface area is 108 Å². The van der Waals surface area contributed by atoms with Crippen LogP contribution in [0.25, 0.3) is 0 Å². The number of alkyl halides is 1. The molecule has 2 nitrogen and oxygen atoms in total. The highest BCUT2D eigenvalue weighted by Gasteiger charge is 2.29. The van der Waals surface area contributed by atoms with Crippen LogP contribution in [-0.4, -0.2) is 29.8 Å². The summed E-state index contributed by atoms with van der Waals surface area (Å²) in [5.41, 5.74) is 1.94. The second kappa shape index (κ2) is 5.09. The Bertz CT molecular complexity index is 395. The molecular formula is C14H18ClNO. The molecule has 0 bridgehead atoms. The van der Waals surface area contributed by atoms with Crippen LogP contribution >= 0.6 is 11.6 Å². The van der Waals surface area contributed by atoms with Crippen LogP contribution in [0.1, 0.15) is 28.8 Å². The molecule has 0 aromatic heterocycles. The van der Waals surface area contributed by atoms with Crippen molar-refractivity contribution in [3.63, 3.8) is 0 Å². The van der Waals surface area contributed by atoms with Crippen LogP contribution in [0.2, 0.25) is 0 Å². The van der Waals surface area contributed by atoms with E-state index in [1.165, 1.54) is 5.56 Å². The summed E-state index contributed by atoms with van der Waals surface area (Å²) in [6, 6.07) is 7.72. The van der Waals surface area contributed by atoms with Crippen molar-refractivity contribution in [3.8, 4) is 0 Å². The third-order valence-electron chi connectivity index (χ3n) is 3.36. The molecule has 0 aliphatic heterocycles. The molecule has 1 aliphatic rings. The van der Waals surface area contributed by atoms with Gasteiger partial charge in [-0.15, -0.1) is 11.6 Å². The van der Waals surface area contributed by atoms with Gasteiger partial charge in [0.05, 0.1) is 0 Å². The Morgan fingerprint density at radius 3 is 2.47 bits per heavy atom. The van der Waals surface area contributed by atoms with Crippen LogP contribution in [0.4, 0.5) is 0 Å². The molecule has 17 heavy (non-hydrogen) atoms. The van der Waals surface area contributed by atoms with Crippen LogP contribution in [-0.2, 0) is 0 Å². The number of carbonyl (C=O) groups excluding carboxylic acids is 1. The average molecular weight is 252 g/mol. The van der Waals surface area contributed by atoms with E-state index < -0.39 is 0 Å². The van der Waals surface area contributed by atoms with E-state index in [9.17, 15) is 4.79 Å². The van der Waals surface area contributed by atoms with E-state index in [0.29, 0.717) is 11.3 Å². The van der Waals surface area contributed by atoms with Crippen molar-refractivity contribution in [1.82, 2.24) is 4.90 Å². The molecule has 1 aromatic rings. The summed E-state index contributed by atoms with van der Waals surface area (Å²) in [5.74, 6) is 0.680. The normalized spacial score (nSPS) is 23.0. The third kappa shape index (κ3) is 3.01. The zero-order valence-corrected chi connectivity index (χ0v) is 11.1. The molecular weight excluding hydrogens is 234 g/mol. The van der Waals surface area contributed by atoms with Crippen molar-refractivity contribution in [1.29, 1.82) is 0 Å². The third-order valence-corrected chi connectivity index (χ3v) is 3.71. The Morgan fingerprint density at radius 1 is 1.35 bits per heavy atom. The fourth-order valence-corrected chi connectivity index (χ4v) is 2.69. The minimum absolute atomic E-state index is 0.100. The second-order valence-corrected chi connectivity index (χ2v) is 5.60. The SMILES string of the molecule is Cc1ccc(C(=O)N(C)CC2CC(Cl)C2)cc1. The summed E-state index contributed by atoms with van der Waals surface area (Å²) in [6.07, 6.45) is 2.07. The van der Waals surface area contributed by atoms with E-state index in [1.54, 1.807) is 4.90 Å². The molecule has 0 saturated heterocycles. The molecule has 1 fully saturated rings. The maximum Gasteiger partial charge on any atom is 0.253 e. The highest BCUT2D eigenvalue weighted by molar-refractivity contribution is 6.21. The fourth-order valence-electron chi connectivity index (χ4n) is 2.19. The van der Waals surface area contributed by atoms with Gasteiger partial charge in [0.25, 0.3) is 5.91 Å². The highest BCUT2D eigenvalue weighted by atomic mass is 35.5. The standard InChI is InChI=1S/C14H18ClNO/c1-10-3-5-12(6-4-10)14(17)16(2)9-11-7-13(15)8-11/h3-6,11,13H,7-9H2,1-2H3. The monoisotopic (exact) mass is 251 g/mol. The fraction of sp³-hybridized carbons (Fsp3) is 0.500. The van der Waals surface area contributed by atoms with E-state index >= 15 is 0 Å². The molecule has 2 rings (SSSR count). The molecule has 0 N–H and O–H groups in total. The van der Waals surface area contributed by atoms with Crippen molar-refractivity contribution in [2.45, 2.75) is 25.1 Å². The van der Waals surface area contributed by atoms with Gasteiger partial charge in [0, 0.05) is 24.5 Å². The summed E-state index contributed by atoms with van der Waals surface area (Å²) in [4.78, 5) is 13.9. The van der Waals surface area contributed by atoms with Crippen LogP contribution in [0.5, 0.6) is 0 Å². The number of carbonyl (C=O) groups is 1. The van der Waals surface area contributed by atoms with Gasteiger partial charge >= 0.3 is 0 Å². The lowest BCUT2D eigenvalue weighted by molar-refractivity contribution is 0.0747. The van der Waals surface area contributed by atoms with Gasteiger partial charge in [-0.1, -0.05) is 17.7 Å². The molecule has 1 aromatic carbocycles. The molecule has 0 unspecified atom stereocenters. The first kappa shape index (κ1) is 12.4. The predicted octanol–water partition coefficient (Wildman–Crippen LogP) is 3.08. The lowest BCUT2D eigenvalue weighted by Gasteiger charge is -2.34. The minimum atomic E-state index is 0.100. The Morgan fingerprint density at radius 2 is 1.94 bits per heavy atom. The summed E-state index contributed by atoms with van der Waals surface area (Å²) in [6.45, 7) is 2.84. The van der Waals surface area contributed by atoms with Crippen LogP contribution in [0, 0.1) is 12.8 Å². The van der Waals surface area contributed by atoms with Gasteiger partial charge in [0.15, 0.2) is 0 Å². The molecule has 0 atom stereocenters. The number of hydrogen-bond acceptors (Lipinski definition) is 1. The molecule has 0 heterocycles. The van der Waals surface area contributed by atoms with Gasteiger partial charge in [-0.25, -0.2) is 0 Å².